The smallest absolute Gasteiger partial charge is 0.161 e. The number of hydrogen-bond acceptors (Lipinski definition) is 2. The molecule has 3 aromatic rings. The van der Waals surface area contributed by atoms with Crippen molar-refractivity contribution >= 4 is 11.0 Å². The van der Waals surface area contributed by atoms with Crippen LogP contribution in [-0.2, 0) is 6.54 Å². The molecule has 0 aliphatic heterocycles. The van der Waals surface area contributed by atoms with Crippen LogP contribution >= 0.6 is 0 Å². The lowest BCUT2D eigenvalue weighted by molar-refractivity contribution is 0.442. The summed E-state index contributed by atoms with van der Waals surface area (Å²) >= 11 is 0. The van der Waals surface area contributed by atoms with Crippen LogP contribution in [0, 0.1) is 11.6 Å². The van der Waals surface area contributed by atoms with Gasteiger partial charge in [0.2, 0.25) is 0 Å². The fourth-order valence-corrected chi connectivity index (χ4v) is 2.50. The van der Waals surface area contributed by atoms with Gasteiger partial charge < -0.3 is 10.3 Å². The Morgan fingerprint density at radius 2 is 1.73 bits per heavy atom. The Bertz CT molecular complexity index is 817. The molecule has 5 heteroatoms. The lowest BCUT2D eigenvalue weighted by Gasteiger charge is -2.21. The van der Waals surface area contributed by atoms with Crippen molar-refractivity contribution in [3.63, 3.8) is 0 Å². The molecule has 0 spiro atoms. The van der Waals surface area contributed by atoms with Crippen molar-refractivity contribution in [3.05, 3.63) is 54.1 Å². The van der Waals surface area contributed by atoms with E-state index in [4.69, 9.17) is 5.73 Å². The van der Waals surface area contributed by atoms with Crippen LogP contribution in [0.2, 0.25) is 0 Å². The quantitative estimate of drug-likeness (QED) is 0.801. The van der Waals surface area contributed by atoms with Gasteiger partial charge in [-0.15, -0.1) is 0 Å². The SMILES string of the molecule is CC(C)(N)Cn1c(-c2ccccc2)nc2cc(F)c(F)cc21. The van der Waals surface area contributed by atoms with Crippen molar-refractivity contribution < 1.29 is 8.78 Å². The van der Waals surface area contributed by atoms with Gasteiger partial charge in [-0.3, -0.25) is 0 Å². The van der Waals surface area contributed by atoms with E-state index in [2.05, 4.69) is 4.98 Å². The summed E-state index contributed by atoms with van der Waals surface area (Å²) in [4.78, 5) is 4.47. The maximum absolute atomic E-state index is 13.6. The van der Waals surface area contributed by atoms with Crippen LogP contribution in [0.5, 0.6) is 0 Å². The zero-order chi connectivity index (χ0) is 15.9. The van der Waals surface area contributed by atoms with Gasteiger partial charge in [-0.1, -0.05) is 30.3 Å². The van der Waals surface area contributed by atoms with E-state index in [-0.39, 0.29) is 0 Å². The largest absolute Gasteiger partial charge is 0.324 e. The normalized spacial score (nSPS) is 12.0. The van der Waals surface area contributed by atoms with E-state index in [9.17, 15) is 8.78 Å². The average molecular weight is 301 g/mol. The Labute approximate surface area is 127 Å². The van der Waals surface area contributed by atoms with Crippen molar-refractivity contribution in [3.8, 4) is 11.4 Å². The highest BCUT2D eigenvalue weighted by Crippen LogP contribution is 2.27. The van der Waals surface area contributed by atoms with E-state index in [1.165, 1.54) is 6.07 Å². The van der Waals surface area contributed by atoms with Crippen molar-refractivity contribution in [2.45, 2.75) is 25.9 Å². The fraction of sp³-hybridized carbons (Fsp3) is 0.235. The van der Waals surface area contributed by atoms with Crippen molar-refractivity contribution in [2.75, 3.05) is 0 Å². The van der Waals surface area contributed by atoms with Gasteiger partial charge in [0.1, 0.15) is 5.82 Å². The third kappa shape index (κ3) is 2.72. The van der Waals surface area contributed by atoms with E-state index in [0.717, 1.165) is 11.6 Å². The number of imidazole rings is 1. The molecule has 2 N–H and O–H groups in total. The third-order valence-electron chi connectivity index (χ3n) is 3.39. The molecule has 0 aliphatic carbocycles. The number of nitrogens with two attached hydrogens (primary N) is 1. The molecular weight excluding hydrogens is 284 g/mol. The van der Waals surface area contributed by atoms with Gasteiger partial charge in [0.25, 0.3) is 0 Å². The van der Waals surface area contributed by atoms with Gasteiger partial charge in [-0.05, 0) is 13.8 Å². The maximum atomic E-state index is 13.6. The van der Waals surface area contributed by atoms with E-state index < -0.39 is 17.2 Å². The number of hydrogen-bond donors (Lipinski definition) is 1. The maximum Gasteiger partial charge on any atom is 0.161 e. The number of halogens is 2. The molecule has 22 heavy (non-hydrogen) atoms. The van der Waals surface area contributed by atoms with Crippen molar-refractivity contribution in [1.29, 1.82) is 0 Å². The molecule has 0 amide bonds. The molecule has 3 rings (SSSR count). The Morgan fingerprint density at radius 3 is 2.36 bits per heavy atom. The standard InChI is InChI=1S/C17H17F2N3/c1-17(2,20)10-22-15-9-13(19)12(18)8-14(15)21-16(22)11-6-4-3-5-7-11/h3-9H,10,20H2,1-2H3. The highest BCUT2D eigenvalue weighted by molar-refractivity contribution is 5.81. The topological polar surface area (TPSA) is 43.8 Å². The van der Waals surface area contributed by atoms with Crippen LogP contribution in [-0.4, -0.2) is 15.1 Å². The summed E-state index contributed by atoms with van der Waals surface area (Å²) in [5, 5.41) is 0. The Morgan fingerprint density at radius 1 is 1.09 bits per heavy atom. The highest BCUT2D eigenvalue weighted by atomic mass is 19.2. The van der Waals surface area contributed by atoms with E-state index in [1.807, 2.05) is 48.7 Å². The molecule has 114 valence electrons. The molecule has 0 radical (unpaired) electrons. The second-order valence-electron chi connectivity index (χ2n) is 6.13. The highest BCUT2D eigenvalue weighted by Gasteiger charge is 2.20. The van der Waals surface area contributed by atoms with Crippen LogP contribution in [0.1, 0.15) is 13.8 Å². The first-order valence-electron chi connectivity index (χ1n) is 7.05. The lowest BCUT2D eigenvalue weighted by atomic mass is 10.1. The van der Waals surface area contributed by atoms with Crippen molar-refractivity contribution in [1.82, 2.24) is 9.55 Å². The molecule has 1 aromatic heterocycles. The second-order valence-corrected chi connectivity index (χ2v) is 6.13. The summed E-state index contributed by atoms with van der Waals surface area (Å²) < 4.78 is 28.9. The van der Waals surface area contributed by atoms with E-state index in [1.54, 1.807) is 0 Å². The lowest BCUT2D eigenvalue weighted by Crippen LogP contribution is -2.37. The molecule has 0 saturated heterocycles. The molecular formula is C17H17F2N3. The Balaban J connectivity index is 2.28. The van der Waals surface area contributed by atoms with Crippen LogP contribution in [0.15, 0.2) is 42.5 Å². The Hall–Kier alpha value is -2.27. The van der Waals surface area contributed by atoms with Crippen LogP contribution in [0.3, 0.4) is 0 Å². The summed E-state index contributed by atoms with van der Waals surface area (Å²) in [7, 11) is 0. The van der Waals surface area contributed by atoms with Gasteiger partial charge in [-0.25, -0.2) is 13.8 Å². The molecule has 0 unspecified atom stereocenters. The second kappa shape index (κ2) is 5.18. The Kier molecular flexibility index (Phi) is 3.45. The van der Waals surface area contributed by atoms with Gasteiger partial charge in [-0.2, -0.15) is 0 Å². The summed E-state index contributed by atoms with van der Waals surface area (Å²) in [5.41, 5.74) is 7.44. The van der Waals surface area contributed by atoms with Gasteiger partial charge in [0, 0.05) is 29.8 Å². The number of aromatic nitrogens is 2. The first-order valence-corrected chi connectivity index (χ1v) is 7.05. The van der Waals surface area contributed by atoms with E-state index >= 15 is 0 Å². The number of nitrogens with zero attached hydrogens (tertiary/aromatic N) is 2. The summed E-state index contributed by atoms with van der Waals surface area (Å²) in [6, 6.07) is 11.8. The zero-order valence-electron chi connectivity index (χ0n) is 12.5. The number of rotatable bonds is 3. The summed E-state index contributed by atoms with van der Waals surface area (Å²) in [6.07, 6.45) is 0. The monoisotopic (exact) mass is 301 g/mol. The van der Waals surface area contributed by atoms with E-state index in [0.29, 0.717) is 23.4 Å². The molecule has 0 saturated carbocycles. The zero-order valence-corrected chi connectivity index (χ0v) is 12.5. The van der Waals surface area contributed by atoms with Crippen LogP contribution < -0.4 is 5.73 Å². The molecule has 0 aliphatic rings. The van der Waals surface area contributed by atoms with Crippen LogP contribution in [0.25, 0.3) is 22.4 Å². The third-order valence-corrected chi connectivity index (χ3v) is 3.39. The van der Waals surface area contributed by atoms with Gasteiger partial charge >= 0.3 is 0 Å². The first-order chi connectivity index (χ1) is 10.3. The predicted octanol–water partition coefficient (Wildman–Crippen LogP) is 3.72. The number of benzene rings is 2. The minimum Gasteiger partial charge on any atom is -0.324 e. The first kappa shape index (κ1) is 14.7. The molecule has 3 nitrogen and oxygen atoms in total. The van der Waals surface area contributed by atoms with Crippen molar-refractivity contribution in [2.24, 2.45) is 5.73 Å². The predicted molar refractivity (Wildman–Crippen MR) is 83.4 cm³/mol. The van der Waals surface area contributed by atoms with Gasteiger partial charge in [0.05, 0.1) is 11.0 Å². The molecule has 0 fully saturated rings. The molecule has 2 aromatic carbocycles. The fourth-order valence-electron chi connectivity index (χ4n) is 2.50. The molecule has 1 heterocycles. The minimum atomic E-state index is -0.899. The summed E-state index contributed by atoms with van der Waals surface area (Å²) in [5.74, 6) is -1.13. The number of fused-ring (bicyclic) bond motifs is 1. The minimum absolute atomic E-state index is 0.419. The van der Waals surface area contributed by atoms with Crippen LogP contribution in [0.4, 0.5) is 8.78 Å². The van der Waals surface area contributed by atoms with Gasteiger partial charge in [0.15, 0.2) is 11.6 Å². The molecule has 0 atom stereocenters. The molecule has 0 bridgehead atoms. The average Bonchev–Trinajstić information content (AvgIpc) is 2.77. The summed E-state index contributed by atoms with van der Waals surface area (Å²) in [6.45, 7) is 4.21.